The van der Waals surface area contributed by atoms with Crippen molar-refractivity contribution in [3.63, 3.8) is 0 Å². The molecule has 7 heteroatoms. The average Bonchev–Trinajstić information content (AvgIpc) is 2.63. The van der Waals surface area contributed by atoms with Gasteiger partial charge in [0.2, 0.25) is 0 Å². The van der Waals surface area contributed by atoms with E-state index in [1.807, 2.05) is 6.07 Å². The van der Waals surface area contributed by atoms with Gasteiger partial charge in [-0.15, -0.1) is 0 Å². The highest BCUT2D eigenvalue weighted by molar-refractivity contribution is 6.07. The van der Waals surface area contributed by atoms with Crippen molar-refractivity contribution in [3.8, 4) is 0 Å². The van der Waals surface area contributed by atoms with E-state index in [0.717, 1.165) is 28.6 Å². The van der Waals surface area contributed by atoms with Crippen LogP contribution in [0.4, 0.5) is 8.78 Å². The van der Waals surface area contributed by atoms with Gasteiger partial charge >= 0.3 is 0 Å². The molecular weight excluding hydrogens is 376 g/mol. The maximum atomic E-state index is 13.6. The van der Waals surface area contributed by atoms with E-state index in [1.54, 1.807) is 12.1 Å². The molecule has 2 aromatic carbocycles. The van der Waals surface area contributed by atoms with Gasteiger partial charge in [0.1, 0.15) is 11.6 Å². The van der Waals surface area contributed by atoms with Gasteiger partial charge in [-0.05, 0) is 43.0 Å². The van der Waals surface area contributed by atoms with Gasteiger partial charge in [0.05, 0.1) is 16.6 Å². The molecule has 1 saturated carbocycles. The van der Waals surface area contributed by atoms with Crippen molar-refractivity contribution >= 4 is 16.7 Å². The lowest BCUT2D eigenvalue weighted by atomic mass is 9.81. The molecule has 1 aliphatic rings. The molecule has 0 unspecified atom stereocenters. The van der Waals surface area contributed by atoms with E-state index < -0.39 is 17.3 Å². The van der Waals surface area contributed by atoms with Crippen LogP contribution in [0.15, 0.2) is 47.3 Å². The minimum absolute atomic E-state index is 0.0570. The second-order valence-corrected chi connectivity index (χ2v) is 7.29. The Morgan fingerprint density at radius 3 is 2.45 bits per heavy atom. The summed E-state index contributed by atoms with van der Waals surface area (Å²) in [5.74, 6) is 4.73. The molecule has 1 amide bonds. The summed E-state index contributed by atoms with van der Waals surface area (Å²) in [7, 11) is 0. The van der Waals surface area contributed by atoms with Crippen molar-refractivity contribution in [1.29, 1.82) is 0 Å². The number of carbonyl (C=O) groups excluding carboxylic acids is 1. The van der Waals surface area contributed by atoms with Crippen molar-refractivity contribution < 1.29 is 13.6 Å². The summed E-state index contributed by atoms with van der Waals surface area (Å²) in [5.41, 5.74) is 5.94. The van der Waals surface area contributed by atoms with Crippen molar-refractivity contribution in [2.45, 2.75) is 32.6 Å². The minimum Gasteiger partial charge on any atom is -0.366 e. The predicted molar refractivity (Wildman–Crippen MR) is 109 cm³/mol. The molecule has 0 radical (unpaired) electrons. The molecule has 1 fully saturated rings. The van der Waals surface area contributed by atoms with Crippen LogP contribution in [-0.2, 0) is 6.42 Å². The number of carbonyl (C=O) groups is 1. The number of nitrogen functional groups attached to an aromatic ring is 1. The van der Waals surface area contributed by atoms with Crippen LogP contribution in [0, 0.1) is 24.5 Å². The van der Waals surface area contributed by atoms with Gasteiger partial charge in [0.25, 0.3) is 11.5 Å². The number of rotatable bonds is 3. The third-order valence-corrected chi connectivity index (χ3v) is 5.32. The van der Waals surface area contributed by atoms with Gasteiger partial charge in [-0.25, -0.2) is 13.5 Å². The average molecular weight is 399 g/mol. The number of pyridine rings is 1. The van der Waals surface area contributed by atoms with Gasteiger partial charge in [-0.1, -0.05) is 43.5 Å². The van der Waals surface area contributed by atoms with E-state index in [1.165, 1.54) is 44.4 Å². The van der Waals surface area contributed by atoms with Gasteiger partial charge < -0.3 is 11.6 Å². The number of hydrogen-bond donors (Lipinski definition) is 2. The topological polar surface area (TPSA) is 91.1 Å². The van der Waals surface area contributed by atoms with Crippen LogP contribution < -0.4 is 17.1 Å². The van der Waals surface area contributed by atoms with Gasteiger partial charge in [-0.3, -0.25) is 9.59 Å². The molecule has 152 valence electrons. The van der Waals surface area contributed by atoms with Crippen LogP contribution in [0.1, 0.15) is 40.9 Å². The quantitative estimate of drug-likeness (QED) is 0.661. The molecule has 4 N–H and O–H groups in total. The zero-order chi connectivity index (χ0) is 21.1. The number of primary amides is 1. The number of amides is 1. The molecule has 4 rings (SSSR count). The van der Waals surface area contributed by atoms with Crippen molar-refractivity contribution in [2.24, 2.45) is 11.7 Å². The highest BCUT2D eigenvalue weighted by Gasteiger charge is 2.19. The minimum atomic E-state index is -0.752. The molecule has 0 saturated heterocycles. The highest BCUT2D eigenvalue weighted by atomic mass is 19.1. The van der Waals surface area contributed by atoms with Crippen molar-refractivity contribution in [2.75, 3.05) is 5.84 Å². The van der Waals surface area contributed by atoms with Gasteiger partial charge in [-0.2, -0.15) is 0 Å². The number of benzene rings is 2. The maximum absolute atomic E-state index is 13.6. The Labute approximate surface area is 166 Å². The van der Waals surface area contributed by atoms with E-state index >= 15 is 0 Å². The van der Waals surface area contributed by atoms with Gasteiger partial charge in [0, 0.05) is 5.39 Å². The second kappa shape index (κ2) is 8.43. The molecular formula is C22H23F2N3O2. The van der Waals surface area contributed by atoms with Crippen LogP contribution in [0.2, 0.25) is 0 Å². The summed E-state index contributed by atoms with van der Waals surface area (Å²) < 4.78 is 27.0. The Morgan fingerprint density at radius 1 is 1.17 bits per heavy atom. The van der Waals surface area contributed by atoms with E-state index in [2.05, 4.69) is 0 Å². The molecule has 3 aromatic rings. The van der Waals surface area contributed by atoms with E-state index in [-0.39, 0.29) is 27.8 Å². The summed E-state index contributed by atoms with van der Waals surface area (Å²) >= 11 is 0. The molecule has 1 aromatic heterocycles. The van der Waals surface area contributed by atoms with E-state index in [4.69, 9.17) is 11.6 Å². The normalized spacial score (nSPS) is 13.5. The summed E-state index contributed by atoms with van der Waals surface area (Å²) in [5, 5.41) is -0.0453. The summed E-state index contributed by atoms with van der Waals surface area (Å²) in [4.78, 5) is 23.1. The van der Waals surface area contributed by atoms with Crippen LogP contribution in [0.25, 0.3) is 10.8 Å². The fraction of sp³-hybridized carbons (Fsp3) is 0.273. The smallest absolute Gasteiger partial charge is 0.279 e. The summed E-state index contributed by atoms with van der Waals surface area (Å²) in [6.45, 7) is 1.48. The van der Waals surface area contributed by atoms with Crippen molar-refractivity contribution in [3.05, 3.63) is 81.3 Å². The molecule has 1 aliphatic carbocycles. The molecule has 1 heterocycles. The Bertz CT molecular complexity index is 1120. The fourth-order valence-electron chi connectivity index (χ4n) is 3.54. The monoisotopic (exact) mass is 399 g/mol. The first-order chi connectivity index (χ1) is 13.8. The SMILES string of the molecule is Cc1c(C(N)=O)c2cccc(F)c2c(=O)n1N.Fc1cccc(CC2CCC2)c1. The number of aromatic nitrogens is 1. The standard InChI is InChI=1S/C11H10FN3O2.C11H13F/c1-5-8(10(13)16)6-3-2-4-7(12)9(6)11(17)15(5)14;12-11-6-2-5-10(8-11)7-9-3-1-4-9/h2-4H,14H2,1H3,(H2,13,16);2,5-6,8-9H,1,3-4,7H2. The molecule has 0 aliphatic heterocycles. The number of nitrogens with zero attached hydrogens (tertiary/aromatic N) is 1. The largest absolute Gasteiger partial charge is 0.366 e. The lowest BCUT2D eigenvalue weighted by molar-refractivity contribution is 0.100. The fourth-order valence-corrected chi connectivity index (χ4v) is 3.54. The lowest BCUT2D eigenvalue weighted by Crippen LogP contribution is -2.33. The predicted octanol–water partition coefficient (Wildman–Crippen LogP) is 3.43. The Hall–Kier alpha value is -3.22. The molecule has 5 nitrogen and oxygen atoms in total. The van der Waals surface area contributed by atoms with Crippen LogP contribution >= 0.6 is 0 Å². The van der Waals surface area contributed by atoms with E-state index in [9.17, 15) is 18.4 Å². The Kier molecular flexibility index (Phi) is 5.96. The summed E-state index contributed by atoms with van der Waals surface area (Å²) in [6.07, 6.45) is 5.09. The lowest BCUT2D eigenvalue weighted by Gasteiger charge is -2.25. The highest BCUT2D eigenvalue weighted by Crippen LogP contribution is 2.29. The van der Waals surface area contributed by atoms with E-state index in [0.29, 0.717) is 0 Å². The van der Waals surface area contributed by atoms with Crippen LogP contribution in [0.3, 0.4) is 0 Å². The first-order valence-electron chi connectivity index (χ1n) is 9.42. The zero-order valence-corrected chi connectivity index (χ0v) is 16.1. The first kappa shape index (κ1) is 20.5. The van der Waals surface area contributed by atoms with Crippen molar-refractivity contribution in [1.82, 2.24) is 4.68 Å². The zero-order valence-electron chi connectivity index (χ0n) is 16.1. The number of halogens is 2. The van der Waals surface area contributed by atoms with Crippen LogP contribution in [-0.4, -0.2) is 10.6 Å². The third kappa shape index (κ3) is 4.29. The molecule has 29 heavy (non-hydrogen) atoms. The Morgan fingerprint density at radius 2 is 1.86 bits per heavy atom. The molecule has 0 atom stereocenters. The number of fused-ring (bicyclic) bond motifs is 1. The van der Waals surface area contributed by atoms with Crippen LogP contribution in [0.5, 0.6) is 0 Å². The second-order valence-electron chi connectivity index (χ2n) is 7.29. The number of nitrogens with two attached hydrogens (primary N) is 2. The number of hydrogen-bond acceptors (Lipinski definition) is 3. The molecule has 0 bridgehead atoms. The summed E-state index contributed by atoms with van der Waals surface area (Å²) in [6, 6.07) is 11.0. The Balaban J connectivity index is 0.000000176. The van der Waals surface area contributed by atoms with Gasteiger partial charge in [0.15, 0.2) is 0 Å². The third-order valence-electron chi connectivity index (χ3n) is 5.32. The maximum Gasteiger partial charge on any atom is 0.279 e. The molecule has 0 spiro atoms. The first-order valence-corrected chi connectivity index (χ1v) is 9.42.